The standard InChI is InChI=1S/C24H33N6O3/c1-24(2,3)18(31)15-30-19(25-21-20(30)22(32)27(5)23(33)26(21)4)16-28-11-13-29(14-12-28)17-9-7-6-8-10-17/h6-10,20H,11-16H2,1-5H3/q+1. The van der Waals surface area contributed by atoms with E-state index in [1.807, 2.05) is 39.0 Å². The number of amidine groups is 2. The predicted molar refractivity (Wildman–Crippen MR) is 127 cm³/mol. The lowest BCUT2D eigenvalue weighted by Crippen LogP contribution is -2.62. The van der Waals surface area contributed by atoms with Gasteiger partial charge in [0.25, 0.3) is 17.8 Å². The topological polar surface area (TPSA) is 79.5 Å². The molecule has 0 bridgehead atoms. The minimum atomic E-state index is -0.746. The van der Waals surface area contributed by atoms with E-state index in [1.54, 1.807) is 11.6 Å². The van der Waals surface area contributed by atoms with Gasteiger partial charge in [0.05, 0.1) is 0 Å². The first-order chi connectivity index (χ1) is 15.6. The lowest BCUT2D eigenvalue weighted by molar-refractivity contribution is -0.525. The maximum Gasteiger partial charge on any atom is 0.333 e. The molecule has 33 heavy (non-hydrogen) atoms. The number of benzene rings is 1. The van der Waals surface area contributed by atoms with Crippen molar-refractivity contribution in [3.05, 3.63) is 30.3 Å². The second-order valence-corrected chi connectivity index (χ2v) is 9.93. The Balaban J connectivity index is 1.57. The molecule has 1 atom stereocenters. The van der Waals surface area contributed by atoms with Crippen molar-refractivity contribution in [1.29, 1.82) is 0 Å². The van der Waals surface area contributed by atoms with Crippen LogP contribution in [0.15, 0.2) is 35.3 Å². The quantitative estimate of drug-likeness (QED) is 0.625. The molecule has 9 heteroatoms. The average Bonchev–Trinajstić information content (AvgIpc) is 3.14. The highest BCUT2D eigenvalue weighted by Gasteiger charge is 2.53. The highest BCUT2D eigenvalue weighted by Crippen LogP contribution is 2.22. The number of fused-ring (bicyclic) bond motifs is 1. The Morgan fingerprint density at radius 1 is 1.03 bits per heavy atom. The Morgan fingerprint density at radius 3 is 2.27 bits per heavy atom. The number of hydrogen-bond donors (Lipinski definition) is 0. The number of anilines is 1. The molecule has 0 radical (unpaired) electrons. The number of carbonyl (C=O) groups excluding carboxylic acids is 3. The number of ketones is 1. The summed E-state index contributed by atoms with van der Waals surface area (Å²) in [5.41, 5.74) is 0.670. The third-order valence-corrected chi connectivity index (χ3v) is 6.62. The highest BCUT2D eigenvalue weighted by atomic mass is 16.2. The van der Waals surface area contributed by atoms with Crippen LogP contribution in [0.5, 0.6) is 0 Å². The second kappa shape index (κ2) is 8.70. The molecule has 0 N–H and O–H groups in total. The number of urea groups is 1. The van der Waals surface area contributed by atoms with Crippen molar-refractivity contribution in [2.75, 3.05) is 58.3 Å². The number of rotatable bonds is 5. The molecule has 0 aromatic heterocycles. The fourth-order valence-electron chi connectivity index (χ4n) is 4.35. The van der Waals surface area contributed by atoms with Crippen molar-refractivity contribution in [2.24, 2.45) is 10.4 Å². The van der Waals surface area contributed by atoms with Crippen molar-refractivity contribution in [1.82, 2.24) is 14.7 Å². The van der Waals surface area contributed by atoms with Gasteiger partial charge in [0.1, 0.15) is 13.1 Å². The molecule has 3 amide bonds. The van der Waals surface area contributed by atoms with Crippen molar-refractivity contribution in [2.45, 2.75) is 26.8 Å². The molecule has 4 rings (SSSR count). The third-order valence-electron chi connectivity index (χ3n) is 6.62. The van der Waals surface area contributed by atoms with Crippen LogP contribution in [0, 0.1) is 5.41 Å². The molecule has 1 aromatic rings. The molecule has 3 aliphatic rings. The molecule has 1 aromatic carbocycles. The molecular weight excluding hydrogens is 420 g/mol. The maximum absolute atomic E-state index is 13.1. The van der Waals surface area contributed by atoms with Crippen molar-refractivity contribution < 1.29 is 19.0 Å². The van der Waals surface area contributed by atoms with Gasteiger partial charge < -0.3 is 4.90 Å². The summed E-state index contributed by atoms with van der Waals surface area (Å²) in [6.07, 6.45) is 0. The van der Waals surface area contributed by atoms with Gasteiger partial charge in [-0.15, -0.1) is 0 Å². The van der Waals surface area contributed by atoms with E-state index in [4.69, 9.17) is 4.99 Å². The van der Waals surface area contributed by atoms with E-state index in [0.29, 0.717) is 18.2 Å². The third kappa shape index (κ3) is 4.42. The molecule has 1 unspecified atom stereocenters. The summed E-state index contributed by atoms with van der Waals surface area (Å²) in [5, 5.41) is 0. The van der Waals surface area contributed by atoms with Crippen molar-refractivity contribution >= 4 is 35.1 Å². The Hall–Kier alpha value is -3.07. The van der Waals surface area contributed by atoms with E-state index in [-0.39, 0.29) is 18.2 Å². The van der Waals surface area contributed by atoms with Gasteiger partial charge in [-0.3, -0.25) is 24.3 Å². The van der Waals surface area contributed by atoms with Crippen LogP contribution in [0.4, 0.5) is 10.5 Å². The van der Waals surface area contributed by atoms with Gasteiger partial charge in [-0.05, 0) is 17.1 Å². The number of carbonyl (C=O) groups is 3. The minimum absolute atomic E-state index is 0.0281. The van der Waals surface area contributed by atoms with E-state index in [9.17, 15) is 14.4 Å². The van der Waals surface area contributed by atoms with Crippen LogP contribution in [0.2, 0.25) is 0 Å². The molecule has 0 spiro atoms. The van der Waals surface area contributed by atoms with Gasteiger partial charge in [0.15, 0.2) is 5.78 Å². The largest absolute Gasteiger partial charge is 0.369 e. The Kier molecular flexibility index (Phi) is 6.09. The molecule has 2 saturated heterocycles. The van der Waals surface area contributed by atoms with Gasteiger partial charge in [0, 0.05) is 51.4 Å². The smallest absolute Gasteiger partial charge is 0.333 e. The molecule has 0 aliphatic carbocycles. The molecule has 3 aliphatic heterocycles. The first kappa shape index (κ1) is 23.1. The van der Waals surface area contributed by atoms with Crippen LogP contribution in [-0.2, 0) is 9.59 Å². The van der Waals surface area contributed by atoms with Crippen LogP contribution in [-0.4, -0.2) is 108 Å². The Morgan fingerprint density at radius 2 is 1.67 bits per heavy atom. The number of likely N-dealkylation sites (N-methyl/N-ethyl adjacent to an activating group) is 2. The van der Waals surface area contributed by atoms with Crippen LogP contribution < -0.4 is 4.90 Å². The first-order valence-electron chi connectivity index (χ1n) is 11.4. The number of imide groups is 1. The Labute approximate surface area is 195 Å². The van der Waals surface area contributed by atoms with Crippen molar-refractivity contribution in [3.8, 4) is 0 Å². The summed E-state index contributed by atoms with van der Waals surface area (Å²) in [6, 6.07) is 9.19. The number of piperazine rings is 1. The molecule has 176 valence electrons. The van der Waals surface area contributed by atoms with E-state index < -0.39 is 17.5 Å². The van der Waals surface area contributed by atoms with Crippen molar-refractivity contribution in [3.63, 3.8) is 0 Å². The fraction of sp³-hybridized carbons (Fsp3) is 0.542. The van der Waals surface area contributed by atoms with E-state index in [2.05, 4.69) is 21.9 Å². The fourth-order valence-corrected chi connectivity index (χ4v) is 4.35. The Bertz CT molecular complexity index is 1020. The zero-order valence-corrected chi connectivity index (χ0v) is 20.1. The lowest BCUT2D eigenvalue weighted by Gasteiger charge is -2.35. The lowest BCUT2D eigenvalue weighted by atomic mass is 9.90. The minimum Gasteiger partial charge on any atom is -0.369 e. The summed E-state index contributed by atoms with van der Waals surface area (Å²) < 4.78 is 1.80. The number of para-hydroxylation sites is 1. The zero-order valence-electron chi connectivity index (χ0n) is 20.1. The van der Waals surface area contributed by atoms with Crippen LogP contribution in [0.25, 0.3) is 0 Å². The summed E-state index contributed by atoms with van der Waals surface area (Å²) in [7, 11) is 3.10. The zero-order chi connectivity index (χ0) is 23.9. The number of Topliss-reactive ketones (excluding diaryl/α,β-unsaturated/α-hetero) is 1. The normalized spacial score (nSPS) is 22.2. The van der Waals surface area contributed by atoms with Gasteiger partial charge in [-0.25, -0.2) is 9.37 Å². The molecule has 0 saturated carbocycles. The van der Waals surface area contributed by atoms with Crippen LogP contribution in [0.1, 0.15) is 20.8 Å². The SMILES string of the molecule is CN1C(=O)C2C(=NC(CN3CCN(c4ccccc4)CC3)=[N+]2CC(=O)C(C)(C)C)N(C)C1=O. The summed E-state index contributed by atoms with van der Waals surface area (Å²) in [4.78, 5) is 50.4. The van der Waals surface area contributed by atoms with Gasteiger partial charge in [0.2, 0.25) is 0 Å². The number of amides is 3. The van der Waals surface area contributed by atoms with Gasteiger partial charge in [-0.2, -0.15) is 0 Å². The monoisotopic (exact) mass is 453 g/mol. The predicted octanol–water partition coefficient (Wildman–Crippen LogP) is 1.14. The van der Waals surface area contributed by atoms with E-state index >= 15 is 0 Å². The summed E-state index contributed by atoms with van der Waals surface area (Å²) in [6.45, 7) is 9.70. The van der Waals surface area contributed by atoms with Crippen LogP contribution in [0.3, 0.4) is 0 Å². The summed E-state index contributed by atoms with van der Waals surface area (Å²) >= 11 is 0. The van der Waals surface area contributed by atoms with E-state index in [0.717, 1.165) is 31.1 Å². The number of aliphatic imine (C=N–C) groups is 1. The van der Waals surface area contributed by atoms with Gasteiger partial charge >= 0.3 is 11.9 Å². The molecule has 9 nitrogen and oxygen atoms in total. The first-order valence-corrected chi connectivity index (χ1v) is 11.4. The molecule has 3 heterocycles. The highest BCUT2D eigenvalue weighted by molar-refractivity contribution is 6.23. The number of nitrogens with zero attached hydrogens (tertiary/aromatic N) is 6. The maximum atomic E-state index is 13.1. The van der Waals surface area contributed by atoms with E-state index in [1.165, 1.54) is 17.6 Å². The van der Waals surface area contributed by atoms with Gasteiger partial charge in [-0.1, -0.05) is 39.0 Å². The molecular formula is C24H33N6O3+. The number of hydrogen-bond acceptors (Lipinski definition) is 6. The molecule has 2 fully saturated rings. The summed E-state index contributed by atoms with van der Waals surface area (Å²) in [5.74, 6) is 0.759. The van der Waals surface area contributed by atoms with Crippen LogP contribution >= 0.6 is 0 Å². The second-order valence-electron chi connectivity index (χ2n) is 9.93. The average molecular weight is 454 g/mol.